The molecule has 0 saturated carbocycles. The lowest BCUT2D eigenvalue weighted by Crippen LogP contribution is -2.54. The number of urea groups is 1. The first-order valence-corrected chi connectivity index (χ1v) is 13.2. The molecule has 2 heterocycles. The fourth-order valence-electron chi connectivity index (χ4n) is 5.05. The second kappa shape index (κ2) is 11.2. The molecule has 1 saturated heterocycles. The van der Waals surface area contributed by atoms with E-state index in [0.29, 0.717) is 48.5 Å². The van der Waals surface area contributed by atoms with Gasteiger partial charge in [0.25, 0.3) is 11.5 Å². The van der Waals surface area contributed by atoms with Crippen LogP contribution in [0.15, 0.2) is 30.3 Å². The minimum Gasteiger partial charge on any atom is -0.493 e. The number of hydrogen-bond acceptors (Lipinski definition) is 6. The number of carbonyl (C=O) groups is 2. The molecule has 2 aliphatic heterocycles. The van der Waals surface area contributed by atoms with Gasteiger partial charge in [0, 0.05) is 12.1 Å². The van der Waals surface area contributed by atoms with Gasteiger partial charge in [-0.15, -0.1) is 0 Å². The number of benzene rings is 2. The quantitative estimate of drug-likeness (QED) is 0.208. The Kier molecular flexibility index (Phi) is 8.33. The zero-order valence-electron chi connectivity index (χ0n) is 23.0. The van der Waals surface area contributed by atoms with Crippen molar-refractivity contribution in [2.75, 3.05) is 19.9 Å². The van der Waals surface area contributed by atoms with Crippen LogP contribution in [0, 0.1) is 6.92 Å². The lowest BCUT2D eigenvalue weighted by atomic mass is 9.88. The Labute approximate surface area is 237 Å². The van der Waals surface area contributed by atoms with Crippen molar-refractivity contribution in [2.45, 2.75) is 69.9 Å². The average Bonchev–Trinajstić information content (AvgIpc) is 3.45. The molecule has 1 fully saturated rings. The Hall–Kier alpha value is -3.68. The van der Waals surface area contributed by atoms with E-state index in [-0.39, 0.29) is 43.2 Å². The largest absolute Gasteiger partial charge is 0.493 e. The van der Waals surface area contributed by atoms with Gasteiger partial charge in [-0.25, -0.2) is 4.79 Å². The van der Waals surface area contributed by atoms with Crippen molar-refractivity contribution in [2.24, 2.45) is 0 Å². The molecule has 0 radical (unpaired) electrons. The molecule has 1 unspecified atom stereocenters. The Morgan fingerprint density at radius 1 is 1.02 bits per heavy atom. The number of unbranched alkanes of at least 4 members (excludes halogenated alkanes) is 1. The predicted molar refractivity (Wildman–Crippen MR) is 136 cm³/mol. The van der Waals surface area contributed by atoms with Gasteiger partial charge in [0.05, 0.1) is 6.61 Å². The maximum atomic E-state index is 13.4. The van der Waals surface area contributed by atoms with Gasteiger partial charge in [0.15, 0.2) is 11.5 Å². The summed E-state index contributed by atoms with van der Waals surface area (Å²) < 4.78 is 97.0. The molecule has 230 valence electrons. The number of hydrogen-bond donors (Lipinski definition) is 2. The fourth-order valence-corrected chi connectivity index (χ4v) is 5.05. The normalized spacial score (nSPS) is 19.0. The number of fused-ring (bicyclic) bond motifs is 1. The third-order valence-electron chi connectivity index (χ3n) is 7.36. The lowest BCUT2D eigenvalue weighted by Gasteiger charge is -2.33. The Bertz CT molecular complexity index is 1350. The predicted octanol–water partition coefficient (Wildman–Crippen LogP) is 5.61. The van der Waals surface area contributed by atoms with Crippen molar-refractivity contribution in [1.29, 1.82) is 0 Å². The van der Waals surface area contributed by atoms with E-state index >= 15 is 0 Å². The molecule has 14 heteroatoms. The summed E-state index contributed by atoms with van der Waals surface area (Å²) in [7, 11) is 0. The molecule has 0 bridgehead atoms. The zero-order valence-corrected chi connectivity index (χ0v) is 23.0. The minimum absolute atomic E-state index is 0.00327. The molecule has 4 rings (SSSR count). The number of halogens is 6. The van der Waals surface area contributed by atoms with Crippen LogP contribution in [-0.2, 0) is 22.4 Å². The highest BCUT2D eigenvalue weighted by Crippen LogP contribution is 2.51. The number of nitrogens with one attached hydrogen (secondary N) is 1. The Morgan fingerprint density at radius 2 is 1.69 bits per heavy atom. The van der Waals surface area contributed by atoms with E-state index in [1.54, 1.807) is 32.0 Å². The Balaban J connectivity index is 1.41. The maximum absolute atomic E-state index is 13.4. The summed E-state index contributed by atoms with van der Waals surface area (Å²) in [6.45, 7) is 4.70. The van der Waals surface area contributed by atoms with E-state index in [1.165, 1.54) is 6.92 Å². The number of carbonyl (C=O) groups excluding carboxylic acids is 2. The molecule has 0 spiro atoms. The third kappa shape index (κ3) is 5.43. The number of alkyl halides is 6. The number of amides is 3. The molecule has 42 heavy (non-hydrogen) atoms. The average molecular weight is 605 g/mol. The van der Waals surface area contributed by atoms with Crippen LogP contribution in [-0.4, -0.2) is 54.2 Å². The first kappa shape index (κ1) is 31.3. The SMILES string of the molecule is CCCc1cc(C(O)(C(F)(F)F)C(F)(F)F)cc(C)c1OCCCCN1C(=O)NC(C)(c2ccc3c(c2)OCO3)C1=O. The van der Waals surface area contributed by atoms with Gasteiger partial charge >= 0.3 is 18.4 Å². The zero-order chi connectivity index (χ0) is 31.1. The molecule has 3 amide bonds. The second-order valence-electron chi connectivity index (χ2n) is 10.4. The number of aliphatic hydroxyl groups is 1. The van der Waals surface area contributed by atoms with Crippen molar-refractivity contribution in [3.05, 3.63) is 52.6 Å². The number of imide groups is 1. The highest BCUT2D eigenvalue weighted by Gasteiger charge is 2.71. The van der Waals surface area contributed by atoms with Gasteiger partial charge in [0.1, 0.15) is 11.3 Å². The summed E-state index contributed by atoms with van der Waals surface area (Å²) in [5, 5.41) is 12.5. The van der Waals surface area contributed by atoms with Crippen LogP contribution in [0.1, 0.15) is 55.4 Å². The van der Waals surface area contributed by atoms with E-state index < -0.39 is 41.0 Å². The smallest absolute Gasteiger partial charge is 0.430 e. The minimum atomic E-state index is -6.00. The first-order chi connectivity index (χ1) is 19.5. The molecular weight excluding hydrogens is 574 g/mol. The second-order valence-corrected chi connectivity index (χ2v) is 10.4. The van der Waals surface area contributed by atoms with Gasteiger partial charge in [0.2, 0.25) is 6.79 Å². The van der Waals surface area contributed by atoms with Crippen LogP contribution in [0.5, 0.6) is 17.2 Å². The maximum Gasteiger partial charge on any atom is 0.430 e. The molecule has 2 N–H and O–H groups in total. The van der Waals surface area contributed by atoms with Gasteiger partial charge in [-0.2, -0.15) is 26.3 Å². The Morgan fingerprint density at radius 3 is 2.33 bits per heavy atom. The van der Waals surface area contributed by atoms with E-state index in [0.717, 1.165) is 4.90 Å². The van der Waals surface area contributed by atoms with Crippen molar-refractivity contribution < 1.29 is 55.2 Å². The molecular formula is C28H30F6N2O6. The fraction of sp³-hybridized carbons (Fsp3) is 0.500. The summed E-state index contributed by atoms with van der Waals surface area (Å²) in [6, 6.07) is 5.66. The highest BCUT2D eigenvalue weighted by atomic mass is 19.4. The van der Waals surface area contributed by atoms with Crippen LogP contribution >= 0.6 is 0 Å². The van der Waals surface area contributed by atoms with Crippen LogP contribution in [0.25, 0.3) is 0 Å². The monoisotopic (exact) mass is 604 g/mol. The van der Waals surface area contributed by atoms with Crippen molar-refractivity contribution in [3.63, 3.8) is 0 Å². The van der Waals surface area contributed by atoms with Crippen LogP contribution in [0.4, 0.5) is 31.1 Å². The molecule has 0 aromatic heterocycles. The molecule has 0 aliphatic carbocycles. The summed E-state index contributed by atoms with van der Waals surface area (Å²) >= 11 is 0. The number of rotatable bonds is 10. The highest BCUT2D eigenvalue weighted by molar-refractivity contribution is 6.07. The van der Waals surface area contributed by atoms with Crippen molar-refractivity contribution in [1.82, 2.24) is 10.2 Å². The van der Waals surface area contributed by atoms with E-state index in [4.69, 9.17) is 14.2 Å². The van der Waals surface area contributed by atoms with Crippen molar-refractivity contribution >= 4 is 11.9 Å². The summed E-state index contributed by atoms with van der Waals surface area (Å²) in [5.74, 6) is 0.640. The number of aryl methyl sites for hydroxylation is 2. The summed E-state index contributed by atoms with van der Waals surface area (Å²) in [5.41, 5.74) is -7.09. The molecule has 2 aromatic rings. The molecule has 1 atom stereocenters. The van der Waals surface area contributed by atoms with Gasteiger partial charge in [-0.1, -0.05) is 19.4 Å². The molecule has 2 aromatic carbocycles. The van der Waals surface area contributed by atoms with Gasteiger partial charge < -0.3 is 24.6 Å². The van der Waals surface area contributed by atoms with Crippen LogP contribution in [0.2, 0.25) is 0 Å². The van der Waals surface area contributed by atoms with Crippen molar-refractivity contribution in [3.8, 4) is 17.2 Å². The van der Waals surface area contributed by atoms with E-state index in [9.17, 15) is 41.0 Å². The molecule has 8 nitrogen and oxygen atoms in total. The molecule has 2 aliphatic rings. The van der Waals surface area contributed by atoms with Gasteiger partial charge in [-0.3, -0.25) is 9.69 Å². The number of nitrogens with zero attached hydrogens (tertiary/aromatic N) is 1. The number of ether oxygens (including phenoxy) is 3. The summed E-state index contributed by atoms with van der Waals surface area (Å²) in [4.78, 5) is 26.9. The summed E-state index contributed by atoms with van der Waals surface area (Å²) in [6.07, 6.45) is -10.9. The van der Waals surface area contributed by atoms with E-state index in [1.807, 2.05) is 0 Å². The first-order valence-electron chi connectivity index (χ1n) is 13.2. The van der Waals surface area contributed by atoms with Crippen LogP contribution in [0.3, 0.4) is 0 Å². The topological polar surface area (TPSA) is 97.3 Å². The van der Waals surface area contributed by atoms with E-state index in [2.05, 4.69) is 5.32 Å². The van der Waals surface area contributed by atoms with Crippen LogP contribution < -0.4 is 19.5 Å². The lowest BCUT2D eigenvalue weighted by molar-refractivity contribution is -0.376. The third-order valence-corrected chi connectivity index (χ3v) is 7.36. The van der Waals surface area contributed by atoms with Gasteiger partial charge in [-0.05, 0) is 74.1 Å². The standard InChI is InChI=1S/C28H30F6N2O6/c1-4-7-17-13-19(26(39,27(29,30)31)28(32,33)34)12-16(2)22(17)40-11-6-5-10-36-23(37)25(3,35-24(36)38)18-8-9-20-21(14-18)42-15-41-20/h8-9,12-14,39H,4-7,10-11,15H2,1-3H3,(H,35,38).